The molecular formula is C10H11NO. The predicted octanol–water partition coefficient (Wildman–Crippen LogP) is 2.18. The molecule has 0 saturated heterocycles. The summed E-state index contributed by atoms with van der Waals surface area (Å²) in [5, 5.41) is 3.18. The molecule has 2 nitrogen and oxygen atoms in total. The Morgan fingerprint density at radius 3 is 3.17 bits per heavy atom. The van der Waals surface area contributed by atoms with Crippen LogP contribution in [0.2, 0.25) is 0 Å². The van der Waals surface area contributed by atoms with Crippen LogP contribution in [0.4, 0.5) is 5.69 Å². The van der Waals surface area contributed by atoms with Gasteiger partial charge < -0.3 is 10.1 Å². The van der Waals surface area contributed by atoms with Crippen molar-refractivity contribution >= 4 is 5.69 Å². The highest BCUT2D eigenvalue weighted by Crippen LogP contribution is 2.24. The van der Waals surface area contributed by atoms with Gasteiger partial charge in [-0.2, -0.15) is 0 Å². The fourth-order valence-corrected chi connectivity index (χ4v) is 1.34. The maximum atomic E-state index is 5.13. The van der Waals surface area contributed by atoms with E-state index in [2.05, 4.69) is 17.5 Å². The Morgan fingerprint density at radius 1 is 1.42 bits per heavy atom. The molecule has 0 bridgehead atoms. The minimum absolute atomic E-state index is 0.922. The number of hydrogen-bond acceptors (Lipinski definition) is 2. The second-order valence-electron chi connectivity index (χ2n) is 2.77. The van der Waals surface area contributed by atoms with Gasteiger partial charge in [-0.05, 0) is 36.4 Å². The quantitative estimate of drug-likeness (QED) is 0.681. The molecule has 1 heterocycles. The molecule has 0 unspecified atom stereocenters. The summed E-state index contributed by atoms with van der Waals surface area (Å²) in [6.07, 6.45) is 5.05. The van der Waals surface area contributed by atoms with E-state index in [9.17, 15) is 0 Å². The molecule has 12 heavy (non-hydrogen) atoms. The van der Waals surface area contributed by atoms with Gasteiger partial charge in [-0.15, -0.1) is 0 Å². The van der Waals surface area contributed by atoms with Crippen LogP contribution in [0.5, 0.6) is 5.75 Å². The molecule has 0 radical (unpaired) electrons. The van der Waals surface area contributed by atoms with Crippen molar-refractivity contribution < 1.29 is 4.74 Å². The second kappa shape index (κ2) is 2.89. The normalized spacial score (nSPS) is 13.4. The third-order valence-corrected chi connectivity index (χ3v) is 2.01. The predicted molar refractivity (Wildman–Crippen MR) is 49.5 cm³/mol. The molecule has 0 saturated carbocycles. The minimum atomic E-state index is 0.922. The number of benzene rings is 1. The summed E-state index contributed by atoms with van der Waals surface area (Å²) in [7, 11) is 1.69. The molecule has 1 aliphatic heterocycles. The summed E-state index contributed by atoms with van der Waals surface area (Å²) in [6, 6.07) is 6.06. The van der Waals surface area contributed by atoms with E-state index in [0.29, 0.717) is 0 Å². The highest BCUT2D eigenvalue weighted by molar-refractivity contribution is 5.58. The maximum absolute atomic E-state index is 5.13. The van der Waals surface area contributed by atoms with Gasteiger partial charge >= 0.3 is 0 Å². The molecule has 2 heteroatoms. The Morgan fingerprint density at radius 2 is 2.33 bits per heavy atom. The topological polar surface area (TPSA) is 21.3 Å². The third kappa shape index (κ3) is 1.16. The zero-order valence-corrected chi connectivity index (χ0v) is 7.00. The molecule has 0 aliphatic carbocycles. The van der Waals surface area contributed by atoms with Crippen LogP contribution in [0.15, 0.2) is 30.5 Å². The number of hydrogen-bond donors (Lipinski definition) is 1. The molecule has 2 rings (SSSR count). The van der Waals surface area contributed by atoms with E-state index in [-0.39, 0.29) is 0 Å². The highest BCUT2D eigenvalue weighted by atomic mass is 16.5. The molecule has 1 aromatic carbocycles. The van der Waals surface area contributed by atoms with Crippen molar-refractivity contribution in [3.8, 4) is 5.75 Å². The van der Waals surface area contributed by atoms with Gasteiger partial charge in [-0.25, -0.2) is 0 Å². The van der Waals surface area contributed by atoms with E-state index in [1.807, 2.05) is 18.3 Å². The fraction of sp³-hybridized carbons (Fsp3) is 0.200. The van der Waals surface area contributed by atoms with Gasteiger partial charge in [0.2, 0.25) is 0 Å². The summed E-state index contributed by atoms with van der Waals surface area (Å²) in [6.45, 7) is 0. The van der Waals surface area contributed by atoms with E-state index in [1.54, 1.807) is 7.11 Å². The summed E-state index contributed by atoms with van der Waals surface area (Å²) < 4.78 is 5.13. The first-order valence-corrected chi connectivity index (χ1v) is 3.98. The summed E-state index contributed by atoms with van der Waals surface area (Å²) in [4.78, 5) is 0. The number of anilines is 1. The Hall–Kier alpha value is -1.44. The van der Waals surface area contributed by atoms with Crippen molar-refractivity contribution in [3.05, 3.63) is 36.0 Å². The van der Waals surface area contributed by atoms with Crippen molar-refractivity contribution in [3.63, 3.8) is 0 Å². The maximum Gasteiger partial charge on any atom is 0.119 e. The van der Waals surface area contributed by atoms with Crippen LogP contribution in [0.25, 0.3) is 0 Å². The molecule has 0 atom stereocenters. The first-order chi connectivity index (χ1) is 5.90. The minimum Gasteiger partial charge on any atom is -0.497 e. The second-order valence-corrected chi connectivity index (χ2v) is 2.77. The number of rotatable bonds is 1. The summed E-state index contributed by atoms with van der Waals surface area (Å²) in [5.74, 6) is 0.922. The van der Waals surface area contributed by atoms with Crippen LogP contribution in [0.1, 0.15) is 5.56 Å². The lowest BCUT2D eigenvalue weighted by molar-refractivity contribution is 0.414. The highest BCUT2D eigenvalue weighted by Gasteiger charge is 2.04. The first kappa shape index (κ1) is 7.22. The van der Waals surface area contributed by atoms with E-state index in [0.717, 1.165) is 12.2 Å². The first-order valence-electron chi connectivity index (χ1n) is 3.98. The Bertz CT molecular complexity index is 318. The van der Waals surface area contributed by atoms with Crippen LogP contribution in [-0.2, 0) is 6.42 Å². The van der Waals surface area contributed by atoms with E-state index in [4.69, 9.17) is 4.74 Å². The molecular weight excluding hydrogens is 150 g/mol. The van der Waals surface area contributed by atoms with Crippen molar-refractivity contribution in [2.24, 2.45) is 0 Å². The number of methoxy groups -OCH3 is 1. The zero-order chi connectivity index (χ0) is 8.39. The molecule has 0 aromatic heterocycles. The number of nitrogens with one attached hydrogen (secondary N) is 1. The van der Waals surface area contributed by atoms with Gasteiger partial charge in [-0.3, -0.25) is 0 Å². The molecule has 0 fully saturated rings. The van der Waals surface area contributed by atoms with Crippen LogP contribution >= 0.6 is 0 Å². The Labute approximate surface area is 71.9 Å². The van der Waals surface area contributed by atoms with Crippen molar-refractivity contribution in [2.45, 2.75) is 6.42 Å². The Balaban J connectivity index is 2.39. The fourth-order valence-electron chi connectivity index (χ4n) is 1.34. The van der Waals surface area contributed by atoms with Crippen LogP contribution in [0, 0.1) is 0 Å². The van der Waals surface area contributed by atoms with Crippen LogP contribution in [0.3, 0.4) is 0 Å². The van der Waals surface area contributed by atoms with Crippen LogP contribution in [-0.4, -0.2) is 7.11 Å². The number of ether oxygens (including phenoxy) is 1. The molecule has 1 aliphatic rings. The van der Waals surface area contributed by atoms with E-state index < -0.39 is 0 Å². The van der Waals surface area contributed by atoms with Gasteiger partial charge in [0.15, 0.2) is 0 Å². The largest absolute Gasteiger partial charge is 0.497 e. The lowest BCUT2D eigenvalue weighted by atomic mass is 10.1. The smallest absolute Gasteiger partial charge is 0.119 e. The molecule has 0 spiro atoms. The van der Waals surface area contributed by atoms with Gasteiger partial charge in [0, 0.05) is 5.69 Å². The van der Waals surface area contributed by atoms with Crippen molar-refractivity contribution in [2.75, 3.05) is 12.4 Å². The molecule has 62 valence electrons. The van der Waals surface area contributed by atoms with Gasteiger partial charge in [0.1, 0.15) is 5.75 Å². The van der Waals surface area contributed by atoms with Crippen molar-refractivity contribution in [1.29, 1.82) is 0 Å². The van der Waals surface area contributed by atoms with Gasteiger partial charge in [-0.1, -0.05) is 6.08 Å². The average Bonchev–Trinajstić information content (AvgIpc) is 2.17. The summed E-state index contributed by atoms with van der Waals surface area (Å²) in [5.41, 5.74) is 2.47. The third-order valence-electron chi connectivity index (χ3n) is 2.01. The number of fused-ring (bicyclic) bond motifs is 1. The number of allylic oxidation sites excluding steroid dienone is 1. The van der Waals surface area contributed by atoms with Gasteiger partial charge in [0.05, 0.1) is 7.11 Å². The molecule has 0 amide bonds. The van der Waals surface area contributed by atoms with E-state index >= 15 is 0 Å². The SMILES string of the molecule is COc1ccc2c(c1)CC=CN2. The average molecular weight is 161 g/mol. The summed E-state index contributed by atoms with van der Waals surface area (Å²) >= 11 is 0. The monoisotopic (exact) mass is 161 g/mol. The molecule has 1 aromatic rings. The van der Waals surface area contributed by atoms with E-state index in [1.165, 1.54) is 11.3 Å². The Kier molecular flexibility index (Phi) is 1.74. The standard InChI is InChI=1S/C10H11NO/c1-12-9-4-5-10-8(7-9)3-2-6-11-10/h2,4-7,11H,3H2,1H3. The lowest BCUT2D eigenvalue weighted by Gasteiger charge is -2.13. The van der Waals surface area contributed by atoms with Crippen molar-refractivity contribution in [1.82, 2.24) is 0 Å². The zero-order valence-electron chi connectivity index (χ0n) is 7.00. The lowest BCUT2D eigenvalue weighted by Crippen LogP contribution is -1.99. The molecule has 1 N–H and O–H groups in total. The van der Waals surface area contributed by atoms with Gasteiger partial charge in [0.25, 0.3) is 0 Å². The van der Waals surface area contributed by atoms with Crippen LogP contribution < -0.4 is 10.1 Å².